The molecule has 3 heterocycles. The van der Waals surface area contributed by atoms with E-state index in [1.807, 2.05) is 85.1 Å². The van der Waals surface area contributed by atoms with E-state index in [1.54, 1.807) is 6.20 Å². The second kappa shape index (κ2) is 13.2. The van der Waals surface area contributed by atoms with Gasteiger partial charge in [-0.3, -0.25) is 17.1 Å². The van der Waals surface area contributed by atoms with E-state index >= 15 is 0 Å². The van der Waals surface area contributed by atoms with E-state index in [0.717, 1.165) is 45.0 Å². The molecule has 2 radical (unpaired) electrons. The molecule has 0 saturated heterocycles. The molecule has 0 aliphatic carbocycles. The van der Waals surface area contributed by atoms with Crippen LogP contribution < -0.4 is 4.74 Å². The van der Waals surface area contributed by atoms with E-state index < -0.39 is 0 Å². The first kappa shape index (κ1) is 28.0. The number of fused-ring (bicyclic) bond motifs is 4. The van der Waals surface area contributed by atoms with Gasteiger partial charge >= 0.3 is 0 Å². The molecule has 0 spiro atoms. The zero-order chi connectivity index (χ0) is 24.2. The van der Waals surface area contributed by atoms with Crippen LogP contribution in [0.25, 0.3) is 44.4 Å². The Kier molecular flexibility index (Phi) is 9.71. The topological polar surface area (TPSA) is 35.0 Å². The van der Waals surface area contributed by atoms with Gasteiger partial charge in [0.25, 0.3) is 0 Å². The summed E-state index contributed by atoms with van der Waals surface area (Å²) in [6.45, 7) is 0.514. The number of ether oxygens (including phenoxy) is 1. The fourth-order valence-electron chi connectivity index (χ4n) is 4.25. The molecule has 1 aliphatic rings. The summed E-state index contributed by atoms with van der Waals surface area (Å²) in [6.07, 6.45) is 3.68. The molecule has 2 aromatic heterocycles. The van der Waals surface area contributed by atoms with Gasteiger partial charge in [0.05, 0.1) is 5.69 Å². The van der Waals surface area contributed by atoms with Crippen molar-refractivity contribution in [2.24, 2.45) is 0 Å². The monoisotopic (exact) mass is 742 g/mol. The Morgan fingerprint density at radius 3 is 2.16 bits per heavy atom. The Balaban J connectivity index is 0.000000172. The summed E-state index contributed by atoms with van der Waals surface area (Å²) in [7, 11) is 0. The quantitative estimate of drug-likeness (QED) is 0.174. The second-order valence-electron chi connectivity index (χ2n) is 8.27. The maximum absolute atomic E-state index is 5.80. The Hall–Kier alpha value is -3.01. The molecule has 0 N–H and O–H groups in total. The van der Waals surface area contributed by atoms with Crippen molar-refractivity contribution in [3.05, 3.63) is 139 Å². The predicted octanol–water partition coefficient (Wildman–Crippen LogP) is 7.41. The van der Waals surface area contributed by atoms with E-state index in [4.69, 9.17) is 4.74 Å². The largest absolute Gasteiger partial charge is 0.505 e. The summed E-state index contributed by atoms with van der Waals surface area (Å²) in [4.78, 5) is 8.86. The molecular formula is C33H20IrN2OY-4. The summed E-state index contributed by atoms with van der Waals surface area (Å²) in [6, 6.07) is 44.7. The van der Waals surface area contributed by atoms with Crippen LogP contribution in [0.15, 0.2) is 109 Å². The van der Waals surface area contributed by atoms with Crippen LogP contribution in [-0.4, -0.2) is 9.97 Å². The van der Waals surface area contributed by atoms with E-state index in [1.165, 1.54) is 10.8 Å². The number of nitrogens with zero attached hydrogens (tertiary/aromatic N) is 2. The Bertz CT molecular complexity index is 1630. The maximum Gasteiger partial charge on any atom is 0.140 e. The van der Waals surface area contributed by atoms with Gasteiger partial charge < -0.3 is 26.9 Å². The van der Waals surface area contributed by atoms with Crippen LogP contribution in [0.1, 0.15) is 5.56 Å². The van der Waals surface area contributed by atoms with Gasteiger partial charge in [-0.2, -0.15) is 17.7 Å². The zero-order valence-corrected chi connectivity index (χ0v) is 25.5. The summed E-state index contributed by atoms with van der Waals surface area (Å²) < 4.78 is 5.80. The average Bonchev–Trinajstić information content (AvgIpc) is 2.98. The number of aromatic nitrogens is 2. The third-order valence-electron chi connectivity index (χ3n) is 6.01. The first-order chi connectivity index (χ1) is 17.9. The SMILES string of the molecule is [Ir].[Y].[c-]1ccccc1-c1[c-]c[c-]c2c1COc1cccnc1-2.[c-]1ccccc1-c1cc2ccccc2cn1. The van der Waals surface area contributed by atoms with E-state index in [-0.39, 0.29) is 52.8 Å². The summed E-state index contributed by atoms with van der Waals surface area (Å²) in [5.74, 6) is 0.811. The van der Waals surface area contributed by atoms with Gasteiger partial charge in [-0.05, 0) is 28.6 Å². The molecule has 0 fully saturated rings. The van der Waals surface area contributed by atoms with E-state index in [0.29, 0.717) is 6.61 Å². The molecule has 0 saturated carbocycles. The van der Waals surface area contributed by atoms with Crippen LogP contribution in [0.2, 0.25) is 0 Å². The number of pyridine rings is 2. The van der Waals surface area contributed by atoms with Crippen molar-refractivity contribution in [1.82, 2.24) is 9.97 Å². The first-order valence-electron chi connectivity index (χ1n) is 11.7. The van der Waals surface area contributed by atoms with Gasteiger partial charge in [0.2, 0.25) is 0 Å². The number of rotatable bonds is 2. The minimum atomic E-state index is 0. The third-order valence-corrected chi connectivity index (χ3v) is 6.01. The van der Waals surface area contributed by atoms with Crippen molar-refractivity contribution in [2.75, 3.05) is 0 Å². The smallest absolute Gasteiger partial charge is 0.140 e. The fourth-order valence-corrected chi connectivity index (χ4v) is 4.25. The molecule has 0 bridgehead atoms. The van der Waals surface area contributed by atoms with Crippen molar-refractivity contribution in [2.45, 2.75) is 6.61 Å². The fraction of sp³-hybridized carbons (Fsp3) is 0.0303. The second-order valence-corrected chi connectivity index (χ2v) is 8.27. The molecule has 184 valence electrons. The molecule has 38 heavy (non-hydrogen) atoms. The van der Waals surface area contributed by atoms with Gasteiger partial charge in [0.1, 0.15) is 5.75 Å². The summed E-state index contributed by atoms with van der Waals surface area (Å²) in [5, 5.41) is 2.38. The minimum absolute atomic E-state index is 0. The van der Waals surface area contributed by atoms with Crippen LogP contribution in [0.4, 0.5) is 0 Å². The number of hydrogen-bond acceptors (Lipinski definition) is 3. The molecule has 5 heteroatoms. The summed E-state index contributed by atoms with van der Waals surface area (Å²) >= 11 is 0. The van der Waals surface area contributed by atoms with Gasteiger partial charge in [-0.15, -0.1) is 42.0 Å². The van der Waals surface area contributed by atoms with Crippen LogP contribution in [0.3, 0.4) is 0 Å². The van der Waals surface area contributed by atoms with Gasteiger partial charge in [-0.25, -0.2) is 17.7 Å². The number of hydrogen-bond donors (Lipinski definition) is 0. The average molecular weight is 742 g/mol. The predicted molar refractivity (Wildman–Crippen MR) is 142 cm³/mol. The van der Waals surface area contributed by atoms with Crippen molar-refractivity contribution in [3.63, 3.8) is 0 Å². The third kappa shape index (κ3) is 6.00. The van der Waals surface area contributed by atoms with E-state index in [9.17, 15) is 0 Å². The van der Waals surface area contributed by atoms with Gasteiger partial charge in [-0.1, -0.05) is 30.3 Å². The van der Waals surface area contributed by atoms with Crippen molar-refractivity contribution in [3.8, 4) is 39.4 Å². The Morgan fingerprint density at radius 1 is 0.684 bits per heavy atom. The minimum Gasteiger partial charge on any atom is -0.505 e. The molecule has 0 amide bonds. The molecule has 3 nitrogen and oxygen atoms in total. The van der Waals surface area contributed by atoms with Crippen molar-refractivity contribution in [1.29, 1.82) is 0 Å². The molecule has 0 atom stereocenters. The van der Waals surface area contributed by atoms with Gasteiger partial charge in [0, 0.05) is 71.8 Å². The molecule has 0 unspecified atom stereocenters. The maximum atomic E-state index is 5.80. The molecule has 4 aromatic carbocycles. The van der Waals surface area contributed by atoms with E-state index in [2.05, 4.69) is 52.4 Å². The van der Waals surface area contributed by atoms with Crippen LogP contribution in [0, 0.1) is 24.3 Å². The number of benzene rings is 4. The zero-order valence-electron chi connectivity index (χ0n) is 20.3. The Morgan fingerprint density at radius 2 is 1.39 bits per heavy atom. The molecule has 1 aliphatic heterocycles. The molecule has 6 aromatic rings. The molecule has 7 rings (SSSR count). The first-order valence-corrected chi connectivity index (χ1v) is 11.7. The van der Waals surface area contributed by atoms with Crippen molar-refractivity contribution < 1.29 is 57.6 Å². The van der Waals surface area contributed by atoms with Crippen LogP contribution >= 0.6 is 0 Å². The summed E-state index contributed by atoms with van der Waals surface area (Å²) in [5.41, 5.74) is 6.95. The van der Waals surface area contributed by atoms with Crippen LogP contribution in [0.5, 0.6) is 5.75 Å². The van der Waals surface area contributed by atoms with Crippen molar-refractivity contribution >= 4 is 10.8 Å². The normalized spacial score (nSPS) is 10.8. The van der Waals surface area contributed by atoms with Gasteiger partial charge in [0.15, 0.2) is 0 Å². The van der Waals surface area contributed by atoms with Crippen LogP contribution in [-0.2, 0) is 59.4 Å². The molecular weight excluding hydrogens is 721 g/mol. The standard InChI is InChI=1S/C18H10NO.C15H10N.Ir.Y/c1-2-6-13(7-3-1)14-8-4-9-15-16(14)12-20-17-10-5-11-19-18(15)17;1-2-6-12(7-3-1)15-10-13-8-4-5-9-14(13)11-16-15;;/h1-6,10-11H,12H2;1-6,8-11H;;/q-3;-1;;. The Labute approximate surface area is 261 Å².